The van der Waals surface area contributed by atoms with E-state index in [-0.39, 0.29) is 11.4 Å². The second-order valence-corrected chi connectivity index (χ2v) is 6.35. The number of nitrogens with one attached hydrogen (secondary N) is 1. The lowest BCUT2D eigenvalue weighted by molar-refractivity contribution is -0.130. The minimum Gasteiger partial charge on any atom is -0.341 e. The number of carbonyl (C=O) groups excluding carboxylic acids is 1. The second kappa shape index (κ2) is 7.44. The van der Waals surface area contributed by atoms with Crippen LogP contribution < -0.4 is 5.32 Å². The van der Waals surface area contributed by atoms with E-state index in [2.05, 4.69) is 57.3 Å². The summed E-state index contributed by atoms with van der Waals surface area (Å²) in [6.45, 7) is 9.87. The lowest BCUT2D eigenvalue weighted by Crippen LogP contribution is -2.38. The molecule has 0 bridgehead atoms. The number of nitrogens with zero attached hydrogens (tertiary/aromatic N) is 1. The number of hydrogen-bond acceptors (Lipinski definition) is 2. The monoisotopic (exact) mass is 276 g/mol. The highest BCUT2D eigenvalue weighted by atomic mass is 16.2. The zero-order chi connectivity index (χ0) is 15.2. The van der Waals surface area contributed by atoms with Gasteiger partial charge in [-0.15, -0.1) is 0 Å². The number of aryl methyl sites for hydroxylation is 1. The van der Waals surface area contributed by atoms with Crippen LogP contribution in [-0.2, 0) is 17.8 Å². The van der Waals surface area contributed by atoms with Crippen LogP contribution in [0.15, 0.2) is 24.3 Å². The Morgan fingerprint density at radius 2 is 1.70 bits per heavy atom. The first kappa shape index (κ1) is 16.7. The number of amides is 1. The Bertz CT molecular complexity index is 418. The van der Waals surface area contributed by atoms with Crippen LogP contribution in [0.4, 0.5) is 0 Å². The minimum absolute atomic E-state index is 0.0643. The van der Waals surface area contributed by atoms with Gasteiger partial charge in [0.15, 0.2) is 0 Å². The van der Waals surface area contributed by atoms with E-state index < -0.39 is 0 Å². The summed E-state index contributed by atoms with van der Waals surface area (Å²) >= 11 is 0. The largest absolute Gasteiger partial charge is 0.341 e. The first-order chi connectivity index (χ1) is 9.31. The average Bonchev–Trinajstić information content (AvgIpc) is 2.38. The lowest BCUT2D eigenvalue weighted by Gasteiger charge is -2.22. The van der Waals surface area contributed by atoms with Gasteiger partial charge in [0, 0.05) is 32.1 Å². The Labute approximate surface area is 123 Å². The quantitative estimate of drug-likeness (QED) is 0.866. The molecule has 0 aliphatic heterocycles. The van der Waals surface area contributed by atoms with Gasteiger partial charge in [0.25, 0.3) is 0 Å². The molecule has 0 unspecified atom stereocenters. The number of benzene rings is 1. The third kappa shape index (κ3) is 6.20. The minimum atomic E-state index is 0.0643. The fraction of sp³-hybridized carbons (Fsp3) is 0.588. The molecule has 0 saturated heterocycles. The van der Waals surface area contributed by atoms with Gasteiger partial charge >= 0.3 is 0 Å². The molecular weight excluding hydrogens is 248 g/mol. The standard InChI is InChI=1S/C17H28N2O/c1-6-14-7-9-15(10-8-14)13-19(5)16(20)11-12-18-17(2,3)4/h7-10,18H,6,11-13H2,1-5H3. The van der Waals surface area contributed by atoms with Crippen LogP contribution in [-0.4, -0.2) is 29.9 Å². The molecule has 0 aliphatic rings. The molecule has 0 spiro atoms. The first-order valence-electron chi connectivity index (χ1n) is 7.38. The Morgan fingerprint density at radius 1 is 1.15 bits per heavy atom. The maximum Gasteiger partial charge on any atom is 0.223 e. The van der Waals surface area contributed by atoms with Crippen molar-refractivity contribution in [3.05, 3.63) is 35.4 Å². The smallest absolute Gasteiger partial charge is 0.223 e. The molecule has 0 saturated carbocycles. The van der Waals surface area contributed by atoms with Gasteiger partial charge in [-0.2, -0.15) is 0 Å². The van der Waals surface area contributed by atoms with E-state index in [1.807, 2.05) is 7.05 Å². The fourth-order valence-electron chi connectivity index (χ4n) is 1.98. The van der Waals surface area contributed by atoms with E-state index in [0.717, 1.165) is 13.0 Å². The molecule has 1 aromatic carbocycles. The van der Waals surface area contributed by atoms with E-state index >= 15 is 0 Å². The molecular formula is C17H28N2O. The SMILES string of the molecule is CCc1ccc(CN(C)C(=O)CCNC(C)(C)C)cc1. The summed E-state index contributed by atoms with van der Waals surface area (Å²) in [5, 5.41) is 3.34. The maximum atomic E-state index is 12.0. The van der Waals surface area contributed by atoms with Gasteiger partial charge in [-0.1, -0.05) is 31.2 Å². The molecule has 0 aliphatic carbocycles. The van der Waals surface area contributed by atoms with E-state index in [4.69, 9.17) is 0 Å². The normalized spacial score (nSPS) is 11.4. The zero-order valence-corrected chi connectivity index (χ0v) is 13.5. The van der Waals surface area contributed by atoms with Gasteiger partial charge in [-0.3, -0.25) is 4.79 Å². The summed E-state index contributed by atoms with van der Waals surface area (Å²) in [6, 6.07) is 8.48. The Balaban J connectivity index is 2.40. The van der Waals surface area contributed by atoms with Gasteiger partial charge in [0.1, 0.15) is 0 Å². The molecule has 1 N–H and O–H groups in total. The van der Waals surface area contributed by atoms with Crippen molar-refractivity contribution in [2.45, 2.75) is 52.6 Å². The third-order valence-corrected chi connectivity index (χ3v) is 3.27. The molecule has 112 valence electrons. The van der Waals surface area contributed by atoms with Crippen LogP contribution in [0.25, 0.3) is 0 Å². The van der Waals surface area contributed by atoms with Crippen LogP contribution >= 0.6 is 0 Å². The summed E-state index contributed by atoms with van der Waals surface area (Å²) in [7, 11) is 1.87. The molecule has 1 amide bonds. The van der Waals surface area contributed by atoms with Crippen molar-refractivity contribution >= 4 is 5.91 Å². The summed E-state index contributed by atoms with van der Waals surface area (Å²) in [5.41, 5.74) is 2.58. The Kier molecular flexibility index (Phi) is 6.21. The first-order valence-corrected chi connectivity index (χ1v) is 7.38. The molecule has 20 heavy (non-hydrogen) atoms. The molecule has 1 rings (SSSR count). The summed E-state index contributed by atoms with van der Waals surface area (Å²) in [4.78, 5) is 13.8. The topological polar surface area (TPSA) is 32.3 Å². The highest BCUT2D eigenvalue weighted by Crippen LogP contribution is 2.08. The van der Waals surface area contributed by atoms with Gasteiger partial charge < -0.3 is 10.2 Å². The molecule has 3 heteroatoms. The van der Waals surface area contributed by atoms with Crippen LogP contribution in [0.5, 0.6) is 0 Å². The van der Waals surface area contributed by atoms with Gasteiger partial charge in [-0.05, 0) is 38.3 Å². The molecule has 3 nitrogen and oxygen atoms in total. The van der Waals surface area contributed by atoms with Gasteiger partial charge in [0.2, 0.25) is 5.91 Å². The fourth-order valence-corrected chi connectivity index (χ4v) is 1.98. The molecule has 0 radical (unpaired) electrons. The summed E-state index contributed by atoms with van der Waals surface area (Å²) < 4.78 is 0. The second-order valence-electron chi connectivity index (χ2n) is 6.35. The van der Waals surface area contributed by atoms with Crippen molar-refractivity contribution in [1.82, 2.24) is 10.2 Å². The van der Waals surface area contributed by atoms with Gasteiger partial charge in [-0.25, -0.2) is 0 Å². The Hall–Kier alpha value is -1.35. The van der Waals surface area contributed by atoms with Crippen molar-refractivity contribution in [1.29, 1.82) is 0 Å². The highest BCUT2D eigenvalue weighted by molar-refractivity contribution is 5.76. The predicted octanol–water partition coefficient (Wildman–Crippen LogP) is 2.99. The third-order valence-electron chi connectivity index (χ3n) is 3.27. The van der Waals surface area contributed by atoms with Crippen molar-refractivity contribution < 1.29 is 4.79 Å². The van der Waals surface area contributed by atoms with Crippen LogP contribution in [0, 0.1) is 0 Å². The number of rotatable bonds is 6. The van der Waals surface area contributed by atoms with E-state index in [1.165, 1.54) is 11.1 Å². The molecule has 0 aromatic heterocycles. The van der Waals surface area contributed by atoms with Crippen LogP contribution in [0.2, 0.25) is 0 Å². The summed E-state index contributed by atoms with van der Waals surface area (Å²) in [6.07, 6.45) is 1.59. The molecule has 0 fully saturated rings. The van der Waals surface area contributed by atoms with E-state index in [0.29, 0.717) is 13.0 Å². The highest BCUT2D eigenvalue weighted by Gasteiger charge is 2.12. The van der Waals surface area contributed by atoms with E-state index in [9.17, 15) is 4.79 Å². The zero-order valence-electron chi connectivity index (χ0n) is 13.5. The molecule has 0 heterocycles. The lowest BCUT2D eigenvalue weighted by atomic mass is 10.1. The summed E-state index contributed by atoms with van der Waals surface area (Å²) in [5.74, 6) is 0.182. The molecule has 1 aromatic rings. The van der Waals surface area contributed by atoms with Crippen molar-refractivity contribution in [2.75, 3.05) is 13.6 Å². The number of carbonyl (C=O) groups is 1. The predicted molar refractivity (Wildman–Crippen MR) is 84.7 cm³/mol. The Morgan fingerprint density at radius 3 is 2.20 bits per heavy atom. The van der Waals surface area contributed by atoms with Crippen molar-refractivity contribution in [2.24, 2.45) is 0 Å². The number of hydrogen-bond donors (Lipinski definition) is 1. The van der Waals surface area contributed by atoms with Crippen molar-refractivity contribution in [3.8, 4) is 0 Å². The van der Waals surface area contributed by atoms with Gasteiger partial charge in [0.05, 0.1) is 0 Å². The van der Waals surface area contributed by atoms with E-state index in [1.54, 1.807) is 4.90 Å². The average molecular weight is 276 g/mol. The van der Waals surface area contributed by atoms with Crippen LogP contribution in [0.1, 0.15) is 45.2 Å². The maximum absolute atomic E-state index is 12.0. The van der Waals surface area contributed by atoms with Crippen LogP contribution in [0.3, 0.4) is 0 Å². The molecule has 0 atom stereocenters. The van der Waals surface area contributed by atoms with Crippen molar-refractivity contribution in [3.63, 3.8) is 0 Å².